The Morgan fingerprint density at radius 3 is 2.22 bits per heavy atom. The maximum Gasteiger partial charge on any atom is 0.414 e. The molecule has 0 radical (unpaired) electrons. The number of urea groups is 1. The molecule has 1 atom stereocenters. The summed E-state index contributed by atoms with van der Waals surface area (Å²) in [6, 6.07) is 8.47. The quantitative estimate of drug-likeness (QED) is 0.482. The van der Waals surface area contributed by atoms with Crippen LogP contribution in [0.25, 0.3) is 0 Å². The molecule has 1 aliphatic rings. The highest BCUT2D eigenvalue weighted by molar-refractivity contribution is 7.91. The molecule has 1 saturated heterocycles. The van der Waals surface area contributed by atoms with Crippen LogP contribution in [0, 0.1) is 5.92 Å². The Labute approximate surface area is 189 Å². The number of aliphatic carboxylic acids is 2. The number of likely N-dealkylation sites (N-methyl/N-ethyl adjacent to an activating group) is 1. The number of nitrogens with one attached hydrogen (secondary N) is 1. The van der Waals surface area contributed by atoms with Gasteiger partial charge in [0.25, 0.3) is 0 Å². The molecule has 2 amide bonds. The van der Waals surface area contributed by atoms with Gasteiger partial charge in [0.2, 0.25) is 0 Å². The van der Waals surface area contributed by atoms with E-state index >= 15 is 0 Å². The van der Waals surface area contributed by atoms with Crippen LogP contribution in [0.4, 0.5) is 4.79 Å². The van der Waals surface area contributed by atoms with Crippen molar-refractivity contribution in [2.24, 2.45) is 5.92 Å². The number of amides is 2. The number of likely N-dealkylation sites (tertiary alicyclic amines) is 1. The molecule has 1 fully saturated rings. The summed E-state index contributed by atoms with van der Waals surface area (Å²) in [4.78, 5) is 35.0. The Balaban J connectivity index is 0.000000751. The van der Waals surface area contributed by atoms with Crippen molar-refractivity contribution in [3.8, 4) is 0 Å². The number of carbonyl (C=O) groups is 3. The minimum absolute atomic E-state index is 0.0116. The van der Waals surface area contributed by atoms with E-state index in [-0.39, 0.29) is 17.7 Å². The summed E-state index contributed by atoms with van der Waals surface area (Å²) in [5.74, 6) is -3.56. The average molecular weight is 472 g/mol. The zero-order valence-corrected chi connectivity index (χ0v) is 19.4. The minimum atomic E-state index is -3.31. The summed E-state index contributed by atoms with van der Waals surface area (Å²) >= 11 is 0. The lowest BCUT2D eigenvalue weighted by Gasteiger charge is -2.33. The first-order valence-electron chi connectivity index (χ1n) is 10.6. The van der Waals surface area contributed by atoms with Crippen molar-refractivity contribution in [3.63, 3.8) is 0 Å². The van der Waals surface area contributed by atoms with Gasteiger partial charge >= 0.3 is 18.0 Å². The van der Waals surface area contributed by atoms with E-state index in [1.165, 1.54) is 0 Å². The fourth-order valence-corrected chi connectivity index (χ4v) is 5.05. The third kappa shape index (κ3) is 9.65. The predicted molar refractivity (Wildman–Crippen MR) is 119 cm³/mol. The lowest BCUT2D eigenvalue weighted by atomic mass is 10.0. The van der Waals surface area contributed by atoms with Crippen LogP contribution in [0.1, 0.15) is 26.7 Å². The van der Waals surface area contributed by atoms with Gasteiger partial charge in [0.05, 0.1) is 10.6 Å². The molecule has 11 heteroatoms. The standard InChI is InChI=1S/C19H31N3O3S.C2H2O4/c1-3-21(4-2)14-12-20-19(23)22-13-8-9-17(15-22)16-26(24,25)18-10-6-5-7-11-18;3-1(4)2(5)6/h5-7,10-11,17H,3-4,8-9,12-16H2,1-2H3,(H,20,23);(H,3,4)(H,5,6). The van der Waals surface area contributed by atoms with Crippen LogP contribution < -0.4 is 5.32 Å². The van der Waals surface area contributed by atoms with Crippen molar-refractivity contribution in [2.45, 2.75) is 31.6 Å². The molecule has 10 nitrogen and oxygen atoms in total. The Hall–Kier alpha value is -2.66. The molecule has 0 bridgehead atoms. The normalized spacial score (nSPS) is 16.1. The van der Waals surface area contributed by atoms with Crippen LogP contribution in [0.5, 0.6) is 0 Å². The van der Waals surface area contributed by atoms with Crippen LogP contribution in [0.3, 0.4) is 0 Å². The third-order valence-electron chi connectivity index (χ3n) is 5.15. The van der Waals surface area contributed by atoms with Crippen LogP contribution in [-0.4, -0.2) is 91.4 Å². The first-order valence-corrected chi connectivity index (χ1v) is 12.2. The predicted octanol–water partition coefficient (Wildman–Crippen LogP) is 1.38. The van der Waals surface area contributed by atoms with Crippen LogP contribution in [-0.2, 0) is 19.4 Å². The van der Waals surface area contributed by atoms with E-state index in [0.29, 0.717) is 24.5 Å². The van der Waals surface area contributed by atoms with E-state index in [9.17, 15) is 13.2 Å². The highest BCUT2D eigenvalue weighted by atomic mass is 32.2. The molecule has 0 spiro atoms. The number of nitrogens with zero attached hydrogens (tertiary/aromatic N) is 2. The van der Waals surface area contributed by atoms with Gasteiger partial charge < -0.3 is 25.3 Å². The molecule has 0 aliphatic carbocycles. The smallest absolute Gasteiger partial charge is 0.414 e. The van der Waals surface area contributed by atoms with Crippen molar-refractivity contribution >= 4 is 27.8 Å². The summed E-state index contributed by atoms with van der Waals surface area (Å²) in [6.07, 6.45) is 1.69. The first kappa shape index (κ1) is 27.4. The summed E-state index contributed by atoms with van der Waals surface area (Å²) in [7, 11) is -3.31. The number of carbonyl (C=O) groups excluding carboxylic acids is 1. The molecular formula is C21H33N3O7S. The Morgan fingerprint density at radius 2 is 1.69 bits per heavy atom. The molecular weight excluding hydrogens is 438 g/mol. The van der Waals surface area contributed by atoms with E-state index in [1.54, 1.807) is 29.2 Å². The number of sulfone groups is 1. The largest absolute Gasteiger partial charge is 0.473 e. The summed E-state index contributed by atoms with van der Waals surface area (Å²) in [5.41, 5.74) is 0. The molecule has 1 aromatic rings. The number of benzene rings is 1. The van der Waals surface area contributed by atoms with Gasteiger partial charge in [-0.15, -0.1) is 0 Å². The highest BCUT2D eigenvalue weighted by Gasteiger charge is 2.28. The van der Waals surface area contributed by atoms with Gasteiger partial charge in [0.1, 0.15) is 0 Å². The zero-order valence-electron chi connectivity index (χ0n) is 18.6. The topological polar surface area (TPSA) is 144 Å². The van der Waals surface area contributed by atoms with Crippen molar-refractivity contribution < 1.29 is 33.0 Å². The van der Waals surface area contributed by atoms with Gasteiger partial charge in [0.15, 0.2) is 9.84 Å². The van der Waals surface area contributed by atoms with E-state index < -0.39 is 21.8 Å². The van der Waals surface area contributed by atoms with Gasteiger partial charge in [-0.1, -0.05) is 32.0 Å². The number of rotatable bonds is 8. The van der Waals surface area contributed by atoms with Crippen LogP contribution in [0.15, 0.2) is 35.2 Å². The van der Waals surface area contributed by atoms with Gasteiger partial charge in [-0.05, 0) is 44.0 Å². The molecule has 0 aromatic heterocycles. The lowest BCUT2D eigenvalue weighted by Crippen LogP contribution is -2.48. The maximum absolute atomic E-state index is 12.6. The molecule has 1 unspecified atom stereocenters. The van der Waals surface area contributed by atoms with Crippen molar-refractivity contribution in [1.82, 2.24) is 15.1 Å². The fraction of sp³-hybridized carbons (Fsp3) is 0.571. The van der Waals surface area contributed by atoms with Crippen molar-refractivity contribution in [1.29, 1.82) is 0 Å². The minimum Gasteiger partial charge on any atom is -0.473 e. The Bertz CT molecular complexity index is 830. The summed E-state index contributed by atoms with van der Waals surface area (Å²) in [6.45, 7) is 8.79. The van der Waals surface area contributed by atoms with E-state index in [0.717, 1.165) is 32.5 Å². The van der Waals surface area contributed by atoms with E-state index in [1.807, 2.05) is 6.07 Å². The number of carboxylic acids is 2. The molecule has 1 heterocycles. The molecule has 180 valence electrons. The van der Waals surface area contributed by atoms with E-state index in [4.69, 9.17) is 19.8 Å². The summed E-state index contributed by atoms with van der Waals surface area (Å²) < 4.78 is 25.1. The average Bonchev–Trinajstić information content (AvgIpc) is 2.77. The summed E-state index contributed by atoms with van der Waals surface area (Å²) in [5, 5.41) is 17.7. The molecule has 2 rings (SSSR count). The molecule has 3 N–H and O–H groups in total. The Kier molecular flexibility index (Phi) is 11.7. The molecule has 0 saturated carbocycles. The Morgan fingerprint density at radius 1 is 1.09 bits per heavy atom. The van der Waals surface area contributed by atoms with Gasteiger partial charge in [-0.3, -0.25) is 0 Å². The van der Waals surface area contributed by atoms with Gasteiger partial charge in [-0.25, -0.2) is 22.8 Å². The monoisotopic (exact) mass is 471 g/mol. The molecule has 32 heavy (non-hydrogen) atoms. The van der Waals surface area contributed by atoms with Crippen molar-refractivity contribution in [3.05, 3.63) is 30.3 Å². The number of piperidine rings is 1. The van der Waals surface area contributed by atoms with Crippen molar-refractivity contribution in [2.75, 3.05) is 45.0 Å². The highest BCUT2D eigenvalue weighted by Crippen LogP contribution is 2.21. The number of hydrogen-bond donors (Lipinski definition) is 3. The van der Waals surface area contributed by atoms with Crippen LogP contribution in [0.2, 0.25) is 0 Å². The number of hydrogen-bond acceptors (Lipinski definition) is 6. The SMILES string of the molecule is CCN(CC)CCNC(=O)N1CCCC(CS(=O)(=O)c2ccccc2)C1.O=C(O)C(=O)O. The maximum atomic E-state index is 12.6. The molecule has 1 aliphatic heterocycles. The third-order valence-corrected chi connectivity index (χ3v) is 7.05. The molecule has 1 aromatic carbocycles. The second kappa shape index (κ2) is 13.7. The lowest BCUT2D eigenvalue weighted by molar-refractivity contribution is -0.159. The number of carboxylic acid groups (broad SMARTS) is 2. The van der Waals surface area contributed by atoms with Gasteiger partial charge in [0, 0.05) is 26.2 Å². The first-order chi connectivity index (χ1) is 15.1. The van der Waals surface area contributed by atoms with Crippen LogP contribution >= 0.6 is 0 Å². The van der Waals surface area contributed by atoms with E-state index in [2.05, 4.69) is 24.1 Å². The van der Waals surface area contributed by atoms with Gasteiger partial charge in [-0.2, -0.15) is 0 Å². The fourth-order valence-electron chi connectivity index (χ4n) is 3.39. The second-order valence-corrected chi connectivity index (χ2v) is 9.45. The second-order valence-electron chi connectivity index (χ2n) is 7.42. The zero-order chi connectivity index (χ0) is 24.1.